The summed E-state index contributed by atoms with van der Waals surface area (Å²) in [5.74, 6) is 0.00159. The number of nitrogens with one attached hydrogen (secondary N) is 1. The Hall–Kier alpha value is -1.88. The molecule has 1 amide bonds. The van der Waals surface area contributed by atoms with Crippen LogP contribution in [0.1, 0.15) is 26.2 Å². The van der Waals surface area contributed by atoms with Gasteiger partial charge in [0.25, 0.3) is 0 Å². The summed E-state index contributed by atoms with van der Waals surface area (Å²) >= 11 is 1.47. The van der Waals surface area contributed by atoms with Gasteiger partial charge in [-0.3, -0.25) is 4.79 Å². The fourth-order valence-corrected chi connectivity index (χ4v) is 3.24. The van der Waals surface area contributed by atoms with Crippen LogP contribution in [0.15, 0.2) is 29.6 Å². The van der Waals surface area contributed by atoms with Gasteiger partial charge in [-0.05, 0) is 25.0 Å². The van der Waals surface area contributed by atoms with E-state index in [1.807, 2.05) is 12.3 Å². The van der Waals surface area contributed by atoms with E-state index in [2.05, 4.69) is 39.5 Å². The lowest BCUT2D eigenvalue weighted by atomic mass is 10.1. The van der Waals surface area contributed by atoms with Gasteiger partial charge in [0.15, 0.2) is 5.13 Å². The number of rotatable bonds is 4. The van der Waals surface area contributed by atoms with Crippen molar-refractivity contribution in [3.63, 3.8) is 0 Å². The van der Waals surface area contributed by atoms with E-state index in [0.717, 1.165) is 24.3 Å². The van der Waals surface area contributed by atoms with Gasteiger partial charge in [-0.2, -0.15) is 0 Å². The molecular formula is C16H19N3OS. The third kappa shape index (κ3) is 3.24. The molecule has 0 aliphatic carbocycles. The third-order valence-corrected chi connectivity index (χ3v) is 4.44. The highest BCUT2D eigenvalue weighted by atomic mass is 32.1. The van der Waals surface area contributed by atoms with Crippen molar-refractivity contribution in [1.29, 1.82) is 0 Å². The van der Waals surface area contributed by atoms with Crippen molar-refractivity contribution < 1.29 is 4.79 Å². The minimum absolute atomic E-state index is 0.00159. The summed E-state index contributed by atoms with van der Waals surface area (Å²) in [6.07, 6.45) is 3.02. The molecule has 1 saturated heterocycles. The largest absolute Gasteiger partial charge is 0.372 e. The van der Waals surface area contributed by atoms with Crippen molar-refractivity contribution >= 4 is 28.1 Å². The van der Waals surface area contributed by atoms with E-state index in [-0.39, 0.29) is 5.91 Å². The van der Waals surface area contributed by atoms with Gasteiger partial charge in [0.2, 0.25) is 5.91 Å². The minimum Gasteiger partial charge on any atom is -0.372 e. The minimum atomic E-state index is 0.00159. The smallest absolute Gasteiger partial charge is 0.225 e. The molecule has 0 radical (unpaired) electrons. The average molecular weight is 301 g/mol. The van der Waals surface area contributed by atoms with Gasteiger partial charge in [0.05, 0.1) is 5.69 Å². The second-order valence-corrected chi connectivity index (χ2v) is 6.04. The Morgan fingerprint density at radius 3 is 2.95 bits per heavy atom. The standard InChI is InChI=1S/C16H19N3OS/c1-2-15(20)18-16-17-14(11-21-16)12-6-5-7-13(10-12)19-8-3-4-9-19/h5-7,10-11H,2-4,8-9H2,1H3,(H,17,18,20). The fourth-order valence-electron chi connectivity index (χ4n) is 2.51. The Labute approximate surface area is 128 Å². The number of carbonyl (C=O) groups excluding carboxylic acids is 1. The van der Waals surface area contributed by atoms with E-state index in [9.17, 15) is 4.79 Å². The first-order chi connectivity index (χ1) is 10.3. The van der Waals surface area contributed by atoms with Crippen molar-refractivity contribution in [1.82, 2.24) is 4.98 Å². The molecule has 1 N–H and O–H groups in total. The first-order valence-corrected chi connectivity index (χ1v) is 8.25. The predicted octanol–water partition coefficient (Wildman–Crippen LogP) is 3.76. The summed E-state index contributed by atoms with van der Waals surface area (Å²) in [5, 5.41) is 5.47. The maximum atomic E-state index is 11.4. The maximum absolute atomic E-state index is 11.4. The zero-order valence-corrected chi connectivity index (χ0v) is 12.9. The lowest BCUT2D eigenvalue weighted by Crippen LogP contribution is -2.17. The lowest BCUT2D eigenvalue weighted by molar-refractivity contribution is -0.115. The van der Waals surface area contributed by atoms with Crippen LogP contribution in [-0.4, -0.2) is 24.0 Å². The molecule has 1 aliphatic heterocycles. The number of hydrogen-bond donors (Lipinski definition) is 1. The van der Waals surface area contributed by atoms with Gasteiger partial charge in [0.1, 0.15) is 0 Å². The van der Waals surface area contributed by atoms with Crippen LogP contribution >= 0.6 is 11.3 Å². The molecule has 21 heavy (non-hydrogen) atoms. The van der Waals surface area contributed by atoms with Crippen LogP contribution in [0.2, 0.25) is 0 Å². The quantitative estimate of drug-likeness (QED) is 0.935. The molecule has 1 aliphatic rings. The maximum Gasteiger partial charge on any atom is 0.225 e. The molecule has 5 heteroatoms. The summed E-state index contributed by atoms with van der Waals surface area (Å²) in [4.78, 5) is 18.3. The van der Waals surface area contributed by atoms with Gasteiger partial charge in [-0.1, -0.05) is 19.1 Å². The summed E-state index contributed by atoms with van der Waals surface area (Å²) < 4.78 is 0. The summed E-state index contributed by atoms with van der Waals surface area (Å²) in [6, 6.07) is 8.49. The number of aromatic nitrogens is 1. The predicted molar refractivity (Wildman–Crippen MR) is 87.9 cm³/mol. The number of nitrogens with zero attached hydrogens (tertiary/aromatic N) is 2. The Balaban J connectivity index is 1.80. The summed E-state index contributed by atoms with van der Waals surface area (Å²) in [7, 11) is 0. The highest BCUT2D eigenvalue weighted by Gasteiger charge is 2.13. The molecule has 2 aromatic rings. The molecule has 1 aromatic heterocycles. The second-order valence-electron chi connectivity index (χ2n) is 5.18. The highest BCUT2D eigenvalue weighted by Crippen LogP contribution is 2.29. The first-order valence-electron chi connectivity index (χ1n) is 7.37. The monoisotopic (exact) mass is 301 g/mol. The van der Waals surface area contributed by atoms with Gasteiger partial charge in [-0.25, -0.2) is 4.98 Å². The zero-order chi connectivity index (χ0) is 14.7. The normalized spacial score (nSPS) is 14.4. The lowest BCUT2D eigenvalue weighted by Gasteiger charge is -2.17. The van der Waals surface area contributed by atoms with Crippen LogP contribution in [0.5, 0.6) is 0 Å². The molecule has 0 unspecified atom stereocenters. The average Bonchev–Trinajstić information content (AvgIpc) is 3.19. The van der Waals surface area contributed by atoms with Gasteiger partial charge < -0.3 is 10.2 Å². The molecule has 0 atom stereocenters. The first kappa shape index (κ1) is 14.1. The zero-order valence-electron chi connectivity index (χ0n) is 12.1. The van der Waals surface area contributed by atoms with E-state index in [4.69, 9.17) is 0 Å². The Bertz CT molecular complexity index is 632. The number of anilines is 2. The van der Waals surface area contributed by atoms with Crippen molar-refractivity contribution in [3.8, 4) is 11.3 Å². The van der Waals surface area contributed by atoms with Crippen molar-refractivity contribution in [2.75, 3.05) is 23.3 Å². The van der Waals surface area contributed by atoms with Crippen molar-refractivity contribution in [2.24, 2.45) is 0 Å². The number of benzene rings is 1. The molecular weight excluding hydrogens is 282 g/mol. The molecule has 3 rings (SSSR count). The SMILES string of the molecule is CCC(=O)Nc1nc(-c2cccc(N3CCCC3)c2)cs1. The van der Waals surface area contributed by atoms with Crippen LogP contribution in [0.4, 0.5) is 10.8 Å². The topological polar surface area (TPSA) is 45.2 Å². The van der Waals surface area contributed by atoms with Crippen LogP contribution in [0.3, 0.4) is 0 Å². The van der Waals surface area contributed by atoms with E-state index < -0.39 is 0 Å². The van der Waals surface area contributed by atoms with Crippen LogP contribution < -0.4 is 10.2 Å². The van der Waals surface area contributed by atoms with E-state index in [1.165, 1.54) is 29.9 Å². The Morgan fingerprint density at radius 1 is 1.38 bits per heavy atom. The molecule has 0 saturated carbocycles. The summed E-state index contributed by atoms with van der Waals surface area (Å²) in [6.45, 7) is 4.11. The van der Waals surface area contributed by atoms with E-state index in [0.29, 0.717) is 11.6 Å². The van der Waals surface area contributed by atoms with Crippen LogP contribution in [0, 0.1) is 0 Å². The molecule has 0 spiro atoms. The number of amides is 1. The molecule has 0 bridgehead atoms. The van der Waals surface area contributed by atoms with Gasteiger partial charge in [-0.15, -0.1) is 11.3 Å². The van der Waals surface area contributed by atoms with Gasteiger partial charge in [0, 0.05) is 36.1 Å². The Kier molecular flexibility index (Phi) is 4.20. The van der Waals surface area contributed by atoms with E-state index in [1.54, 1.807) is 0 Å². The van der Waals surface area contributed by atoms with Crippen LogP contribution in [0.25, 0.3) is 11.3 Å². The Morgan fingerprint density at radius 2 is 2.19 bits per heavy atom. The molecule has 110 valence electrons. The number of carbonyl (C=O) groups is 1. The highest BCUT2D eigenvalue weighted by molar-refractivity contribution is 7.14. The molecule has 4 nitrogen and oxygen atoms in total. The van der Waals surface area contributed by atoms with Crippen LogP contribution in [-0.2, 0) is 4.79 Å². The van der Waals surface area contributed by atoms with E-state index >= 15 is 0 Å². The second kappa shape index (κ2) is 6.26. The number of thiazole rings is 1. The number of hydrogen-bond acceptors (Lipinski definition) is 4. The van der Waals surface area contributed by atoms with Crippen molar-refractivity contribution in [3.05, 3.63) is 29.6 Å². The molecule has 1 fully saturated rings. The summed E-state index contributed by atoms with van der Waals surface area (Å²) in [5.41, 5.74) is 3.29. The third-order valence-electron chi connectivity index (χ3n) is 3.68. The van der Waals surface area contributed by atoms with Crippen molar-refractivity contribution in [2.45, 2.75) is 26.2 Å². The molecule has 1 aromatic carbocycles. The molecule has 2 heterocycles. The fraction of sp³-hybridized carbons (Fsp3) is 0.375. The van der Waals surface area contributed by atoms with Gasteiger partial charge >= 0.3 is 0 Å².